The second kappa shape index (κ2) is 7.96. The maximum atomic E-state index is 12.1. The van der Waals surface area contributed by atoms with E-state index in [0.29, 0.717) is 16.3 Å². The summed E-state index contributed by atoms with van der Waals surface area (Å²) in [4.78, 5) is 22.6. The van der Waals surface area contributed by atoms with E-state index < -0.39 is 10.8 Å². The number of nitro groups is 1. The number of halogens is 2. The first-order valence-electron chi connectivity index (χ1n) is 6.96. The fraction of sp³-hybridized carbons (Fsp3) is 0.125. The highest BCUT2D eigenvalue weighted by molar-refractivity contribution is 6.36. The summed E-state index contributed by atoms with van der Waals surface area (Å²) < 4.78 is 4.94. The van der Waals surface area contributed by atoms with Crippen LogP contribution in [-0.4, -0.2) is 23.7 Å². The van der Waals surface area contributed by atoms with E-state index in [1.165, 1.54) is 37.4 Å². The smallest absolute Gasteiger partial charge is 0.311 e. The van der Waals surface area contributed by atoms with Gasteiger partial charge in [-0.3, -0.25) is 14.9 Å². The Morgan fingerprint density at radius 3 is 2.56 bits per heavy atom. The number of hydrogen-bond acceptors (Lipinski definition) is 5. The fourth-order valence-electron chi connectivity index (χ4n) is 1.99. The minimum absolute atomic E-state index is 0.138. The van der Waals surface area contributed by atoms with Gasteiger partial charge in [0.2, 0.25) is 0 Å². The monoisotopic (exact) mass is 381 g/mol. The van der Waals surface area contributed by atoms with Gasteiger partial charge in [-0.15, -0.1) is 0 Å². The summed E-state index contributed by atoms with van der Waals surface area (Å²) in [7, 11) is 1.35. The molecule has 0 aromatic heterocycles. The number of carbonyl (C=O) groups excluding carboxylic acids is 1. The van der Waals surface area contributed by atoms with Crippen LogP contribution in [0.3, 0.4) is 0 Å². The molecule has 0 unspecified atom stereocenters. The molecular formula is C16H13Cl2N3O4. The number of hydrazone groups is 1. The standard InChI is InChI=1S/C16H13Cl2N3O4/c1-9(10-3-6-15(25-2)14(7-10)21(23)24)19-20-16(22)12-5-4-11(17)8-13(12)18/h3-8H,1-2H3,(H,20,22)/b19-9-. The van der Waals surface area contributed by atoms with Crippen molar-refractivity contribution in [2.75, 3.05) is 7.11 Å². The molecule has 0 heterocycles. The highest BCUT2D eigenvalue weighted by atomic mass is 35.5. The molecule has 7 nitrogen and oxygen atoms in total. The number of carbonyl (C=O) groups is 1. The predicted octanol–water partition coefficient (Wildman–Crippen LogP) is 4.06. The van der Waals surface area contributed by atoms with E-state index in [0.717, 1.165) is 0 Å². The number of methoxy groups -OCH3 is 1. The number of benzene rings is 2. The molecule has 1 N–H and O–H groups in total. The highest BCUT2D eigenvalue weighted by Gasteiger charge is 2.16. The third-order valence-corrected chi connectivity index (χ3v) is 3.84. The SMILES string of the molecule is COc1ccc(/C(C)=N\NC(=O)c2ccc(Cl)cc2Cl)cc1[N+](=O)[O-]. The molecule has 2 aromatic rings. The Kier molecular flexibility index (Phi) is 5.95. The number of nitrogens with one attached hydrogen (secondary N) is 1. The van der Waals surface area contributed by atoms with Crippen LogP contribution in [0.5, 0.6) is 5.75 Å². The van der Waals surface area contributed by atoms with E-state index in [-0.39, 0.29) is 22.0 Å². The van der Waals surface area contributed by atoms with Gasteiger partial charge in [0, 0.05) is 16.7 Å². The summed E-state index contributed by atoms with van der Waals surface area (Å²) in [6.45, 7) is 1.61. The Balaban J connectivity index is 2.22. The maximum absolute atomic E-state index is 12.1. The topological polar surface area (TPSA) is 93.8 Å². The number of hydrogen-bond donors (Lipinski definition) is 1. The molecule has 0 aliphatic carbocycles. The maximum Gasteiger partial charge on any atom is 0.311 e. The first-order chi connectivity index (χ1) is 11.8. The van der Waals surface area contributed by atoms with Crippen LogP contribution in [0.1, 0.15) is 22.8 Å². The lowest BCUT2D eigenvalue weighted by atomic mass is 10.1. The van der Waals surface area contributed by atoms with E-state index in [4.69, 9.17) is 27.9 Å². The van der Waals surface area contributed by atoms with Crippen LogP contribution in [0.4, 0.5) is 5.69 Å². The zero-order valence-electron chi connectivity index (χ0n) is 13.2. The van der Waals surface area contributed by atoms with Crippen LogP contribution in [0.2, 0.25) is 10.0 Å². The molecular weight excluding hydrogens is 369 g/mol. The Hall–Kier alpha value is -2.64. The van der Waals surface area contributed by atoms with E-state index in [1.54, 1.807) is 13.0 Å². The molecule has 9 heteroatoms. The van der Waals surface area contributed by atoms with Gasteiger partial charge in [0.25, 0.3) is 5.91 Å². The van der Waals surface area contributed by atoms with Gasteiger partial charge in [-0.05, 0) is 37.3 Å². The van der Waals surface area contributed by atoms with Crippen molar-refractivity contribution in [3.8, 4) is 5.75 Å². The molecule has 2 aromatic carbocycles. The van der Waals surface area contributed by atoms with E-state index in [1.807, 2.05) is 0 Å². The Labute approximate surface area is 153 Å². The lowest BCUT2D eigenvalue weighted by molar-refractivity contribution is -0.385. The highest BCUT2D eigenvalue weighted by Crippen LogP contribution is 2.27. The van der Waals surface area contributed by atoms with Crippen molar-refractivity contribution in [2.45, 2.75) is 6.92 Å². The van der Waals surface area contributed by atoms with E-state index in [9.17, 15) is 14.9 Å². The van der Waals surface area contributed by atoms with Crippen molar-refractivity contribution in [1.29, 1.82) is 0 Å². The van der Waals surface area contributed by atoms with Gasteiger partial charge in [-0.1, -0.05) is 23.2 Å². The van der Waals surface area contributed by atoms with E-state index in [2.05, 4.69) is 10.5 Å². The van der Waals surface area contributed by atoms with Crippen LogP contribution < -0.4 is 10.2 Å². The first-order valence-corrected chi connectivity index (χ1v) is 7.71. The molecule has 0 atom stereocenters. The molecule has 0 aliphatic rings. The predicted molar refractivity (Wildman–Crippen MR) is 95.8 cm³/mol. The van der Waals surface area contributed by atoms with Crippen molar-refractivity contribution in [3.63, 3.8) is 0 Å². The largest absolute Gasteiger partial charge is 0.490 e. The summed E-state index contributed by atoms with van der Waals surface area (Å²) in [6, 6.07) is 8.84. The van der Waals surface area contributed by atoms with Crippen molar-refractivity contribution in [2.24, 2.45) is 5.10 Å². The minimum atomic E-state index is -0.554. The number of amides is 1. The molecule has 2 rings (SSSR count). The van der Waals surface area contributed by atoms with Crippen LogP contribution >= 0.6 is 23.2 Å². The number of ether oxygens (including phenoxy) is 1. The second-order valence-electron chi connectivity index (χ2n) is 4.91. The average Bonchev–Trinajstić information content (AvgIpc) is 2.58. The Morgan fingerprint density at radius 1 is 1.24 bits per heavy atom. The molecule has 0 bridgehead atoms. The average molecular weight is 382 g/mol. The van der Waals surface area contributed by atoms with Gasteiger partial charge in [0.15, 0.2) is 5.75 Å². The molecule has 0 aliphatic heterocycles. The van der Waals surface area contributed by atoms with Gasteiger partial charge >= 0.3 is 5.69 Å². The summed E-state index contributed by atoms with van der Waals surface area (Å²) in [5, 5.41) is 15.6. The fourth-order valence-corrected chi connectivity index (χ4v) is 2.49. The van der Waals surface area contributed by atoms with Crippen molar-refractivity contribution >= 4 is 40.5 Å². The third-order valence-electron chi connectivity index (χ3n) is 3.29. The van der Waals surface area contributed by atoms with Gasteiger partial charge in [-0.25, -0.2) is 5.43 Å². The molecule has 25 heavy (non-hydrogen) atoms. The molecule has 0 spiro atoms. The first kappa shape index (κ1) is 18.7. The molecule has 0 fully saturated rings. The van der Waals surface area contributed by atoms with Gasteiger partial charge in [0.1, 0.15) is 0 Å². The minimum Gasteiger partial charge on any atom is -0.490 e. The normalized spacial score (nSPS) is 11.1. The van der Waals surface area contributed by atoms with Crippen molar-refractivity contribution in [3.05, 3.63) is 67.7 Å². The summed E-state index contributed by atoms with van der Waals surface area (Å²) in [5.41, 5.74) is 3.22. The number of nitrogens with zero attached hydrogens (tertiary/aromatic N) is 2. The van der Waals surface area contributed by atoms with Crippen LogP contribution in [0, 0.1) is 10.1 Å². The van der Waals surface area contributed by atoms with Crippen molar-refractivity contribution in [1.82, 2.24) is 5.43 Å². The van der Waals surface area contributed by atoms with Gasteiger partial charge in [-0.2, -0.15) is 5.10 Å². The van der Waals surface area contributed by atoms with Gasteiger partial charge < -0.3 is 4.74 Å². The molecule has 130 valence electrons. The third kappa shape index (κ3) is 4.46. The van der Waals surface area contributed by atoms with Gasteiger partial charge in [0.05, 0.1) is 28.3 Å². The summed E-state index contributed by atoms with van der Waals surface area (Å²) in [5.74, 6) is -0.387. The zero-order valence-corrected chi connectivity index (χ0v) is 14.8. The Morgan fingerprint density at radius 2 is 1.96 bits per heavy atom. The quantitative estimate of drug-likeness (QED) is 0.479. The molecule has 0 saturated carbocycles. The molecule has 1 amide bonds. The van der Waals surface area contributed by atoms with Crippen molar-refractivity contribution < 1.29 is 14.5 Å². The number of rotatable bonds is 5. The number of nitro benzene ring substituents is 1. The summed E-state index contributed by atoms with van der Waals surface area (Å²) in [6.07, 6.45) is 0. The van der Waals surface area contributed by atoms with Crippen LogP contribution in [0.15, 0.2) is 41.5 Å². The summed E-state index contributed by atoms with van der Waals surface area (Å²) >= 11 is 11.7. The van der Waals surface area contributed by atoms with E-state index >= 15 is 0 Å². The second-order valence-corrected chi connectivity index (χ2v) is 5.75. The zero-order chi connectivity index (χ0) is 18.6. The van der Waals surface area contributed by atoms with Crippen LogP contribution in [0.25, 0.3) is 0 Å². The Bertz CT molecular complexity index is 868. The lowest BCUT2D eigenvalue weighted by Gasteiger charge is -2.06. The molecule has 0 radical (unpaired) electrons. The molecule has 0 saturated heterocycles. The lowest BCUT2D eigenvalue weighted by Crippen LogP contribution is -2.19. The van der Waals surface area contributed by atoms with Crippen LogP contribution in [-0.2, 0) is 0 Å².